The fraction of sp³-hybridized carbons (Fsp3) is 0.455. The number of benzene rings is 2. The molecule has 3 amide bonds. The summed E-state index contributed by atoms with van der Waals surface area (Å²) in [7, 11) is 0. The highest BCUT2D eigenvalue weighted by atomic mass is 16.5. The van der Waals surface area contributed by atoms with Crippen LogP contribution in [-0.4, -0.2) is 90.2 Å². The summed E-state index contributed by atoms with van der Waals surface area (Å²) in [5, 5.41) is 25.4. The summed E-state index contributed by atoms with van der Waals surface area (Å²) >= 11 is 0. The van der Waals surface area contributed by atoms with Gasteiger partial charge in [-0.1, -0.05) is 67.1 Å². The van der Waals surface area contributed by atoms with Crippen molar-refractivity contribution >= 4 is 35.8 Å². The second-order valence-electron chi connectivity index (χ2n) is 10.7. The number of alkyl carbamates (subject to hydrolysis) is 1. The normalized spacial score (nSPS) is 11.3. The number of ether oxygens (including phenoxy) is 2. The SMILES string of the molecule is O=C(O)CN(CC(=O)O)CC(=O)NCC(=O)NCCCCCC(=O)O[C@@H](CCCCNC(=O)OCc1ccccc1)c1ccccc1. The molecule has 256 valence electrons. The third-order valence-electron chi connectivity index (χ3n) is 6.73. The van der Waals surface area contributed by atoms with Crippen molar-refractivity contribution in [2.45, 2.75) is 57.7 Å². The molecule has 0 fully saturated rings. The Morgan fingerprint density at radius 3 is 1.96 bits per heavy atom. The molecule has 0 saturated heterocycles. The maximum absolute atomic E-state index is 12.6. The lowest BCUT2D eigenvalue weighted by Crippen LogP contribution is -2.44. The summed E-state index contributed by atoms with van der Waals surface area (Å²) in [6.07, 6.45) is 3.13. The quantitative estimate of drug-likeness (QED) is 0.0870. The number of unbranched alkanes of at least 4 members (excludes halogenated alkanes) is 3. The predicted molar refractivity (Wildman–Crippen MR) is 170 cm³/mol. The highest BCUT2D eigenvalue weighted by Crippen LogP contribution is 2.24. The number of hydrogen-bond donors (Lipinski definition) is 5. The number of carboxylic acids is 2. The molecular formula is C33H44N4O10. The topological polar surface area (TPSA) is 201 Å². The third-order valence-corrected chi connectivity index (χ3v) is 6.73. The molecule has 0 aliphatic carbocycles. The third kappa shape index (κ3) is 18.6. The van der Waals surface area contributed by atoms with E-state index in [4.69, 9.17) is 19.7 Å². The average Bonchev–Trinajstić information content (AvgIpc) is 3.04. The zero-order valence-corrected chi connectivity index (χ0v) is 26.4. The minimum Gasteiger partial charge on any atom is -0.480 e. The fourth-order valence-electron chi connectivity index (χ4n) is 4.45. The van der Waals surface area contributed by atoms with Crippen LogP contribution in [0, 0.1) is 0 Å². The molecule has 0 saturated carbocycles. The molecule has 0 aliphatic rings. The summed E-state index contributed by atoms with van der Waals surface area (Å²) in [4.78, 5) is 71.1. The van der Waals surface area contributed by atoms with E-state index in [1.54, 1.807) is 0 Å². The van der Waals surface area contributed by atoms with Crippen molar-refractivity contribution in [2.24, 2.45) is 0 Å². The number of hydrogen-bond acceptors (Lipinski definition) is 9. The van der Waals surface area contributed by atoms with Crippen LogP contribution in [0.25, 0.3) is 0 Å². The maximum atomic E-state index is 12.6. The van der Waals surface area contributed by atoms with Crippen LogP contribution in [0.1, 0.15) is 62.2 Å². The standard InChI is InChI=1S/C33H44N4O10/c38-28(20-36-29(39)21-37(22-30(40)41)23-31(42)43)34-18-10-3-8-17-32(44)47-27(26-14-6-2-7-15-26)16-9-11-19-35-33(45)46-24-25-12-4-1-5-13-25/h1-2,4-7,12-15,27H,3,8-11,16-24H2,(H,34,38)(H,35,45)(H,36,39)(H,40,41)(H,42,43)/t27-/m0/s1. The molecule has 2 aromatic carbocycles. The summed E-state index contributed by atoms with van der Waals surface area (Å²) < 4.78 is 11.0. The van der Waals surface area contributed by atoms with Crippen molar-refractivity contribution in [2.75, 3.05) is 39.3 Å². The van der Waals surface area contributed by atoms with E-state index in [0.29, 0.717) is 45.2 Å². The zero-order chi connectivity index (χ0) is 34.3. The number of nitrogens with one attached hydrogen (secondary N) is 3. The smallest absolute Gasteiger partial charge is 0.407 e. The van der Waals surface area contributed by atoms with Gasteiger partial charge in [-0.2, -0.15) is 0 Å². The second-order valence-corrected chi connectivity index (χ2v) is 10.7. The minimum absolute atomic E-state index is 0.198. The van der Waals surface area contributed by atoms with Gasteiger partial charge in [0.2, 0.25) is 11.8 Å². The van der Waals surface area contributed by atoms with Gasteiger partial charge in [-0.25, -0.2) is 4.79 Å². The first-order chi connectivity index (χ1) is 22.6. The van der Waals surface area contributed by atoms with E-state index in [2.05, 4.69) is 16.0 Å². The van der Waals surface area contributed by atoms with E-state index in [1.165, 1.54) is 0 Å². The number of carbonyl (C=O) groups is 6. The molecule has 0 radical (unpaired) electrons. The summed E-state index contributed by atoms with van der Waals surface area (Å²) in [5.74, 6) is -4.01. The van der Waals surface area contributed by atoms with Gasteiger partial charge in [0.1, 0.15) is 12.7 Å². The van der Waals surface area contributed by atoms with Gasteiger partial charge >= 0.3 is 24.0 Å². The van der Waals surface area contributed by atoms with Crippen molar-refractivity contribution in [1.29, 1.82) is 0 Å². The Balaban J connectivity index is 1.60. The Kier molecular flexibility index (Phi) is 18.3. The van der Waals surface area contributed by atoms with Crippen LogP contribution < -0.4 is 16.0 Å². The maximum Gasteiger partial charge on any atom is 0.407 e. The molecule has 0 spiro atoms. The molecule has 0 heterocycles. The monoisotopic (exact) mass is 656 g/mol. The van der Waals surface area contributed by atoms with Crippen molar-refractivity contribution < 1.29 is 48.5 Å². The van der Waals surface area contributed by atoms with E-state index in [1.807, 2.05) is 60.7 Å². The second kappa shape index (κ2) is 22.5. The van der Waals surface area contributed by atoms with Gasteiger partial charge in [0, 0.05) is 19.5 Å². The van der Waals surface area contributed by atoms with Crippen LogP contribution in [-0.2, 0) is 40.1 Å². The first kappa shape index (κ1) is 38.2. The average molecular weight is 657 g/mol. The van der Waals surface area contributed by atoms with E-state index in [-0.39, 0.29) is 25.5 Å². The molecular weight excluding hydrogens is 612 g/mol. The molecule has 0 aliphatic heterocycles. The van der Waals surface area contributed by atoms with Crippen LogP contribution in [0.15, 0.2) is 60.7 Å². The first-order valence-corrected chi connectivity index (χ1v) is 15.5. The largest absolute Gasteiger partial charge is 0.480 e. The van der Waals surface area contributed by atoms with Gasteiger partial charge < -0.3 is 35.6 Å². The number of carbonyl (C=O) groups excluding carboxylic acids is 4. The van der Waals surface area contributed by atoms with E-state index in [0.717, 1.165) is 22.4 Å². The Hall–Kier alpha value is -4.98. The molecule has 0 bridgehead atoms. The summed E-state index contributed by atoms with van der Waals surface area (Å²) in [5.41, 5.74) is 1.80. The highest BCUT2D eigenvalue weighted by molar-refractivity contribution is 5.86. The Labute approximate surface area is 273 Å². The van der Waals surface area contributed by atoms with E-state index < -0.39 is 55.6 Å². The molecule has 0 unspecified atom stereocenters. The van der Waals surface area contributed by atoms with Crippen molar-refractivity contribution in [3.05, 3.63) is 71.8 Å². The first-order valence-electron chi connectivity index (χ1n) is 15.5. The molecule has 2 rings (SSSR count). The number of rotatable bonds is 23. The van der Waals surface area contributed by atoms with Crippen molar-refractivity contribution in [1.82, 2.24) is 20.9 Å². The van der Waals surface area contributed by atoms with E-state index in [9.17, 15) is 28.8 Å². The molecule has 47 heavy (non-hydrogen) atoms. The Morgan fingerprint density at radius 1 is 0.681 bits per heavy atom. The van der Waals surface area contributed by atoms with Gasteiger partial charge in [-0.3, -0.25) is 28.9 Å². The van der Waals surface area contributed by atoms with Crippen molar-refractivity contribution in [3.63, 3.8) is 0 Å². The Morgan fingerprint density at radius 2 is 1.30 bits per heavy atom. The molecule has 1 atom stereocenters. The molecule has 0 aromatic heterocycles. The molecule has 14 nitrogen and oxygen atoms in total. The molecule has 5 N–H and O–H groups in total. The highest BCUT2D eigenvalue weighted by Gasteiger charge is 2.18. The van der Waals surface area contributed by atoms with Gasteiger partial charge in [0.05, 0.1) is 26.2 Å². The van der Waals surface area contributed by atoms with Crippen LogP contribution in [0.3, 0.4) is 0 Å². The van der Waals surface area contributed by atoms with Gasteiger partial charge in [-0.15, -0.1) is 0 Å². The number of carboxylic acid groups (broad SMARTS) is 2. The number of aliphatic carboxylic acids is 2. The van der Waals surface area contributed by atoms with Crippen LogP contribution in [0.5, 0.6) is 0 Å². The van der Waals surface area contributed by atoms with Gasteiger partial charge in [0.15, 0.2) is 0 Å². The summed E-state index contributed by atoms with van der Waals surface area (Å²) in [6.45, 7) is -1.10. The lowest BCUT2D eigenvalue weighted by molar-refractivity contribution is -0.150. The van der Waals surface area contributed by atoms with Crippen LogP contribution >= 0.6 is 0 Å². The number of esters is 1. The van der Waals surface area contributed by atoms with Crippen LogP contribution in [0.4, 0.5) is 4.79 Å². The van der Waals surface area contributed by atoms with Crippen LogP contribution in [0.2, 0.25) is 0 Å². The van der Waals surface area contributed by atoms with E-state index >= 15 is 0 Å². The van der Waals surface area contributed by atoms with Gasteiger partial charge in [-0.05, 0) is 43.2 Å². The number of amides is 3. The molecule has 2 aromatic rings. The van der Waals surface area contributed by atoms with Gasteiger partial charge in [0.25, 0.3) is 0 Å². The zero-order valence-electron chi connectivity index (χ0n) is 26.4. The lowest BCUT2D eigenvalue weighted by Gasteiger charge is -2.18. The minimum atomic E-state index is -1.28. The fourth-order valence-corrected chi connectivity index (χ4v) is 4.45. The summed E-state index contributed by atoms with van der Waals surface area (Å²) in [6, 6.07) is 18.9. The lowest BCUT2D eigenvalue weighted by atomic mass is 10.0. The Bertz CT molecular complexity index is 1260. The molecule has 14 heteroatoms. The number of nitrogens with zero attached hydrogens (tertiary/aromatic N) is 1. The predicted octanol–water partition coefficient (Wildman–Crippen LogP) is 2.63. The van der Waals surface area contributed by atoms with Crippen molar-refractivity contribution in [3.8, 4) is 0 Å².